The van der Waals surface area contributed by atoms with E-state index in [2.05, 4.69) is 30.1 Å². The summed E-state index contributed by atoms with van der Waals surface area (Å²) in [7, 11) is 0. The maximum Gasteiger partial charge on any atom is 0.0931 e. The van der Waals surface area contributed by atoms with Gasteiger partial charge in [0.1, 0.15) is 0 Å². The number of likely N-dealkylation sites (tertiary alicyclic amines) is 1. The van der Waals surface area contributed by atoms with E-state index in [0.29, 0.717) is 6.04 Å². The van der Waals surface area contributed by atoms with Crippen LogP contribution >= 0.6 is 22.9 Å². The molecule has 0 spiro atoms. The van der Waals surface area contributed by atoms with Crippen molar-refractivity contribution in [2.75, 3.05) is 19.6 Å². The van der Waals surface area contributed by atoms with Crippen LogP contribution in [0.25, 0.3) is 0 Å². The highest BCUT2D eigenvalue weighted by Crippen LogP contribution is 2.25. The molecule has 1 aromatic rings. The third kappa shape index (κ3) is 5.07. The summed E-state index contributed by atoms with van der Waals surface area (Å²) in [6.07, 6.45) is 4.03. The van der Waals surface area contributed by atoms with Crippen LogP contribution in [0.2, 0.25) is 4.34 Å². The largest absolute Gasteiger partial charge is 0.315 e. The molecule has 19 heavy (non-hydrogen) atoms. The Morgan fingerprint density at radius 1 is 1.42 bits per heavy atom. The molecule has 2 heterocycles. The zero-order valence-corrected chi connectivity index (χ0v) is 13.6. The molecule has 0 saturated carbocycles. The summed E-state index contributed by atoms with van der Waals surface area (Å²) in [5.41, 5.74) is 0. The molecule has 1 aliphatic rings. The first-order valence-corrected chi connectivity index (χ1v) is 8.53. The van der Waals surface area contributed by atoms with Crippen molar-refractivity contribution in [3.63, 3.8) is 0 Å². The first kappa shape index (κ1) is 15.3. The van der Waals surface area contributed by atoms with Crippen molar-refractivity contribution in [3.05, 3.63) is 21.3 Å². The lowest BCUT2D eigenvalue weighted by molar-refractivity contribution is 0.138. The minimum atomic E-state index is 0.688. The molecule has 0 bridgehead atoms. The van der Waals surface area contributed by atoms with E-state index in [1.807, 2.05) is 6.07 Å². The average Bonchev–Trinajstić information content (AvgIpc) is 2.77. The van der Waals surface area contributed by atoms with Gasteiger partial charge >= 0.3 is 0 Å². The van der Waals surface area contributed by atoms with Crippen molar-refractivity contribution in [2.24, 2.45) is 5.92 Å². The molecule has 0 aromatic carbocycles. The van der Waals surface area contributed by atoms with Crippen LogP contribution in [0.1, 0.15) is 38.0 Å². The normalized spacial score (nSPS) is 21.2. The molecule has 1 N–H and O–H groups in total. The van der Waals surface area contributed by atoms with Gasteiger partial charge in [-0.1, -0.05) is 31.9 Å². The SMILES string of the molecule is CC(C)CNCC1CCCCN1Cc1ccc(Cl)s1. The maximum atomic E-state index is 6.02. The second-order valence-corrected chi connectivity index (χ2v) is 7.68. The third-order valence-corrected chi connectivity index (χ3v) is 4.89. The van der Waals surface area contributed by atoms with Crippen molar-refractivity contribution in [1.82, 2.24) is 10.2 Å². The van der Waals surface area contributed by atoms with Crippen LogP contribution < -0.4 is 5.32 Å². The Bertz CT molecular complexity index is 378. The van der Waals surface area contributed by atoms with E-state index in [-0.39, 0.29) is 0 Å². The molecule has 1 atom stereocenters. The van der Waals surface area contributed by atoms with Gasteiger partial charge in [0.05, 0.1) is 4.34 Å². The van der Waals surface area contributed by atoms with Crippen molar-refractivity contribution in [2.45, 2.75) is 45.7 Å². The van der Waals surface area contributed by atoms with E-state index >= 15 is 0 Å². The third-order valence-electron chi connectivity index (χ3n) is 3.67. The number of nitrogens with one attached hydrogen (secondary N) is 1. The highest BCUT2D eigenvalue weighted by molar-refractivity contribution is 7.16. The number of hydrogen-bond donors (Lipinski definition) is 1. The van der Waals surface area contributed by atoms with Crippen LogP contribution in [0.3, 0.4) is 0 Å². The van der Waals surface area contributed by atoms with Crippen molar-refractivity contribution in [3.8, 4) is 0 Å². The Kier molecular flexibility index (Phi) is 6.14. The quantitative estimate of drug-likeness (QED) is 0.854. The number of rotatable bonds is 6. The zero-order chi connectivity index (χ0) is 13.7. The Morgan fingerprint density at radius 3 is 2.95 bits per heavy atom. The molecule has 0 aliphatic carbocycles. The van der Waals surface area contributed by atoms with E-state index in [0.717, 1.165) is 29.9 Å². The molecule has 1 saturated heterocycles. The highest BCUT2D eigenvalue weighted by Gasteiger charge is 2.22. The molecule has 0 radical (unpaired) electrons. The van der Waals surface area contributed by atoms with E-state index in [1.54, 1.807) is 11.3 Å². The van der Waals surface area contributed by atoms with E-state index in [4.69, 9.17) is 11.6 Å². The summed E-state index contributed by atoms with van der Waals surface area (Å²) in [6.45, 7) is 9.06. The topological polar surface area (TPSA) is 15.3 Å². The van der Waals surface area contributed by atoms with Crippen LogP contribution in [-0.4, -0.2) is 30.6 Å². The summed E-state index contributed by atoms with van der Waals surface area (Å²) >= 11 is 7.74. The van der Waals surface area contributed by atoms with Crippen LogP contribution in [0, 0.1) is 5.92 Å². The van der Waals surface area contributed by atoms with Gasteiger partial charge in [0.2, 0.25) is 0 Å². The van der Waals surface area contributed by atoms with Crippen LogP contribution in [0.15, 0.2) is 12.1 Å². The lowest BCUT2D eigenvalue weighted by Gasteiger charge is -2.35. The number of hydrogen-bond acceptors (Lipinski definition) is 3. The van der Waals surface area contributed by atoms with Gasteiger partial charge in [-0.15, -0.1) is 11.3 Å². The summed E-state index contributed by atoms with van der Waals surface area (Å²) < 4.78 is 0.904. The first-order valence-electron chi connectivity index (χ1n) is 7.34. The Hall–Kier alpha value is -0.0900. The van der Waals surface area contributed by atoms with Crippen LogP contribution in [0.4, 0.5) is 0 Å². The molecule has 1 fully saturated rings. The smallest absolute Gasteiger partial charge is 0.0931 e. The van der Waals surface area contributed by atoms with Gasteiger partial charge < -0.3 is 5.32 Å². The van der Waals surface area contributed by atoms with E-state index in [1.165, 1.54) is 30.7 Å². The molecule has 4 heteroatoms. The summed E-state index contributed by atoms with van der Waals surface area (Å²) in [5.74, 6) is 0.730. The number of nitrogens with zero attached hydrogens (tertiary/aromatic N) is 1. The molecule has 2 nitrogen and oxygen atoms in total. The molecule has 1 aromatic heterocycles. The molecule has 0 amide bonds. The molecular formula is C15H25ClN2S. The predicted molar refractivity (Wildman–Crippen MR) is 85.1 cm³/mol. The second-order valence-electron chi connectivity index (χ2n) is 5.88. The number of piperidine rings is 1. The van der Waals surface area contributed by atoms with E-state index in [9.17, 15) is 0 Å². The highest BCUT2D eigenvalue weighted by atomic mass is 35.5. The molecular weight excluding hydrogens is 276 g/mol. The fourth-order valence-electron chi connectivity index (χ4n) is 2.67. The average molecular weight is 301 g/mol. The Labute approximate surface area is 126 Å². The summed E-state index contributed by atoms with van der Waals surface area (Å²) in [6, 6.07) is 4.87. The van der Waals surface area contributed by atoms with Crippen molar-refractivity contribution >= 4 is 22.9 Å². The van der Waals surface area contributed by atoms with Crippen LogP contribution in [-0.2, 0) is 6.54 Å². The molecule has 1 unspecified atom stereocenters. The number of thiophene rings is 1. The van der Waals surface area contributed by atoms with Gasteiger partial charge in [-0.05, 0) is 44.0 Å². The maximum absolute atomic E-state index is 6.02. The first-order chi connectivity index (χ1) is 9.15. The lowest BCUT2D eigenvalue weighted by atomic mass is 10.0. The Morgan fingerprint density at radius 2 is 2.26 bits per heavy atom. The Balaban J connectivity index is 1.84. The summed E-state index contributed by atoms with van der Waals surface area (Å²) in [4.78, 5) is 4.01. The standard InChI is InChI=1S/C15H25ClN2S/c1-12(2)9-17-10-13-5-3-4-8-18(13)11-14-6-7-15(16)19-14/h6-7,12-13,17H,3-5,8-11H2,1-2H3. The predicted octanol–water partition coefficient (Wildman–Crippen LogP) is 4.00. The van der Waals surface area contributed by atoms with Gasteiger partial charge in [0, 0.05) is 24.0 Å². The van der Waals surface area contributed by atoms with Gasteiger partial charge in [-0.3, -0.25) is 4.90 Å². The van der Waals surface area contributed by atoms with Gasteiger partial charge in [-0.2, -0.15) is 0 Å². The van der Waals surface area contributed by atoms with Gasteiger partial charge in [0.15, 0.2) is 0 Å². The van der Waals surface area contributed by atoms with Crippen molar-refractivity contribution < 1.29 is 0 Å². The number of halogens is 1. The van der Waals surface area contributed by atoms with Gasteiger partial charge in [-0.25, -0.2) is 0 Å². The monoisotopic (exact) mass is 300 g/mol. The minimum absolute atomic E-state index is 0.688. The molecule has 108 valence electrons. The zero-order valence-electron chi connectivity index (χ0n) is 12.0. The minimum Gasteiger partial charge on any atom is -0.315 e. The van der Waals surface area contributed by atoms with Crippen LogP contribution in [0.5, 0.6) is 0 Å². The lowest BCUT2D eigenvalue weighted by Crippen LogP contribution is -2.45. The van der Waals surface area contributed by atoms with Crippen molar-refractivity contribution in [1.29, 1.82) is 0 Å². The fraction of sp³-hybridized carbons (Fsp3) is 0.733. The molecule has 2 rings (SSSR count). The molecule has 1 aliphatic heterocycles. The second kappa shape index (κ2) is 7.63. The fourth-order valence-corrected chi connectivity index (χ4v) is 3.79. The van der Waals surface area contributed by atoms with E-state index < -0.39 is 0 Å². The van der Waals surface area contributed by atoms with Gasteiger partial charge in [0.25, 0.3) is 0 Å². The summed E-state index contributed by atoms with van der Waals surface area (Å²) in [5, 5.41) is 3.61.